The van der Waals surface area contributed by atoms with E-state index in [1.807, 2.05) is 13.8 Å². The lowest BCUT2D eigenvalue weighted by atomic mass is 10.3. The van der Waals surface area contributed by atoms with Gasteiger partial charge in [0.1, 0.15) is 10.7 Å². The van der Waals surface area contributed by atoms with Crippen LogP contribution in [-0.4, -0.2) is 46.1 Å². The molecule has 0 radical (unpaired) electrons. The van der Waals surface area contributed by atoms with Crippen LogP contribution in [0.3, 0.4) is 0 Å². The number of aliphatic hydroxyl groups excluding tert-OH is 1. The molecule has 0 aromatic carbocycles. The summed E-state index contributed by atoms with van der Waals surface area (Å²) in [5.74, 6) is 0.144. The lowest BCUT2D eigenvalue weighted by molar-refractivity contribution is 0.0713. The number of nitrogens with two attached hydrogens (primary N) is 1. The van der Waals surface area contributed by atoms with Gasteiger partial charge in [0.25, 0.3) is 5.91 Å². The van der Waals surface area contributed by atoms with Crippen molar-refractivity contribution in [2.45, 2.75) is 38.8 Å². The van der Waals surface area contributed by atoms with Gasteiger partial charge in [-0.3, -0.25) is 4.79 Å². The zero-order chi connectivity index (χ0) is 14.0. The van der Waals surface area contributed by atoms with E-state index >= 15 is 0 Å². The van der Waals surface area contributed by atoms with Crippen LogP contribution in [0, 0.1) is 0 Å². The molecule has 1 saturated carbocycles. The molecule has 7 heteroatoms. The quantitative estimate of drug-likeness (QED) is 0.728. The normalized spacial score (nSPS) is 14.7. The third kappa shape index (κ3) is 3.36. The number of hydrogen-bond acceptors (Lipinski definition) is 6. The van der Waals surface area contributed by atoms with Gasteiger partial charge in [-0.05, 0) is 26.7 Å². The molecule has 0 saturated heterocycles. The fourth-order valence-corrected chi connectivity index (χ4v) is 2.85. The summed E-state index contributed by atoms with van der Waals surface area (Å²) in [5, 5.41) is 12.9. The van der Waals surface area contributed by atoms with Gasteiger partial charge in [-0.2, -0.15) is 0 Å². The maximum absolute atomic E-state index is 12.4. The molecule has 1 aliphatic rings. The Hall–Kier alpha value is -1.34. The summed E-state index contributed by atoms with van der Waals surface area (Å²) in [4.78, 5) is 18.7. The molecule has 1 amide bonds. The SMILES string of the molecule is CC(C)Nc1nc(N)c(C(=O)N(CCO)C2CC2)s1. The van der Waals surface area contributed by atoms with Crippen molar-refractivity contribution >= 4 is 28.2 Å². The minimum Gasteiger partial charge on any atom is -0.395 e. The number of amides is 1. The molecule has 1 aromatic rings. The van der Waals surface area contributed by atoms with E-state index in [0.29, 0.717) is 16.6 Å². The standard InChI is InChI=1S/C12H20N4O2S/c1-7(2)14-12-15-10(13)9(19-12)11(18)16(5-6-17)8-3-4-8/h7-8,17H,3-6,13H2,1-2H3,(H,14,15). The fraction of sp³-hybridized carbons (Fsp3) is 0.667. The van der Waals surface area contributed by atoms with E-state index in [9.17, 15) is 4.79 Å². The minimum atomic E-state index is -0.122. The minimum absolute atomic E-state index is 0.0297. The molecule has 19 heavy (non-hydrogen) atoms. The number of hydrogen-bond donors (Lipinski definition) is 3. The highest BCUT2D eigenvalue weighted by atomic mass is 32.1. The first kappa shape index (κ1) is 14.1. The summed E-state index contributed by atoms with van der Waals surface area (Å²) >= 11 is 1.28. The summed E-state index contributed by atoms with van der Waals surface area (Å²) < 4.78 is 0. The first-order chi connectivity index (χ1) is 9.02. The van der Waals surface area contributed by atoms with E-state index in [2.05, 4.69) is 10.3 Å². The van der Waals surface area contributed by atoms with Gasteiger partial charge in [0.2, 0.25) is 0 Å². The number of carbonyl (C=O) groups excluding carboxylic acids is 1. The molecule has 0 unspecified atom stereocenters. The van der Waals surface area contributed by atoms with E-state index in [1.165, 1.54) is 11.3 Å². The molecule has 1 aromatic heterocycles. The smallest absolute Gasteiger partial charge is 0.268 e. The molecular weight excluding hydrogens is 264 g/mol. The third-order valence-corrected chi connectivity index (χ3v) is 3.84. The average molecular weight is 284 g/mol. The number of rotatable bonds is 6. The van der Waals surface area contributed by atoms with Crippen molar-refractivity contribution < 1.29 is 9.90 Å². The highest BCUT2D eigenvalue weighted by Crippen LogP contribution is 2.32. The Morgan fingerprint density at radius 3 is 2.84 bits per heavy atom. The van der Waals surface area contributed by atoms with E-state index in [0.717, 1.165) is 12.8 Å². The number of nitrogens with zero attached hydrogens (tertiary/aromatic N) is 2. The van der Waals surface area contributed by atoms with E-state index in [-0.39, 0.29) is 30.4 Å². The van der Waals surface area contributed by atoms with Crippen molar-refractivity contribution in [3.63, 3.8) is 0 Å². The fourth-order valence-electron chi connectivity index (χ4n) is 1.87. The summed E-state index contributed by atoms with van der Waals surface area (Å²) in [7, 11) is 0. The summed E-state index contributed by atoms with van der Waals surface area (Å²) in [5.41, 5.74) is 5.82. The Morgan fingerprint density at radius 2 is 2.32 bits per heavy atom. The monoisotopic (exact) mass is 284 g/mol. The lowest BCUT2D eigenvalue weighted by Gasteiger charge is -2.20. The van der Waals surface area contributed by atoms with Crippen LogP contribution in [0.5, 0.6) is 0 Å². The topological polar surface area (TPSA) is 91.5 Å². The Labute approximate surface area is 116 Å². The average Bonchev–Trinajstić information content (AvgIpc) is 3.09. The lowest BCUT2D eigenvalue weighted by Crippen LogP contribution is -2.35. The van der Waals surface area contributed by atoms with E-state index in [1.54, 1.807) is 4.90 Å². The summed E-state index contributed by atoms with van der Waals surface area (Å²) in [6.07, 6.45) is 2.00. The number of aliphatic hydroxyl groups is 1. The molecule has 0 bridgehead atoms. The van der Waals surface area contributed by atoms with Gasteiger partial charge < -0.3 is 21.1 Å². The number of thiazole rings is 1. The number of anilines is 2. The Morgan fingerprint density at radius 1 is 1.63 bits per heavy atom. The van der Waals surface area contributed by atoms with Crippen molar-refractivity contribution in [2.75, 3.05) is 24.2 Å². The molecule has 1 heterocycles. The van der Waals surface area contributed by atoms with Crippen molar-refractivity contribution in [3.05, 3.63) is 4.88 Å². The van der Waals surface area contributed by atoms with Crippen LogP contribution in [0.4, 0.5) is 10.9 Å². The molecular formula is C12H20N4O2S. The molecule has 106 valence electrons. The van der Waals surface area contributed by atoms with Crippen LogP contribution in [-0.2, 0) is 0 Å². The van der Waals surface area contributed by atoms with Crippen molar-refractivity contribution in [3.8, 4) is 0 Å². The Balaban J connectivity index is 2.15. The molecule has 1 aliphatic carbocycles. The second-order valence-corrected chi connectivity index (χ2v) is 5.98. The van der Waals surface area contributed by atoms with Gasteiger partial charge in [-0.25, -0.2) is 4.98 Å². The largest absolute Gasteiger partial charge is 0.395 e. The summed E-state index contributed by atoms with van der Waals surface area (Å²) in [6, 6.07) is 0.494. The van der Waals surface area contributed by atoms with Crippen LogP contribution in [0.1, 0.15) is 36.4 Å². The summed E-state index contributed by atoms with van der Waals surface area (Å²) in [6.45, 7) is 4.33. The maximum atomic E-state index is 12.4. The van der Waals surface area contributed by atoms with Gasteiger partial charge in [-0.15, -0.1) is 0 Å². The second kappa shape index (κ2) is 5.75. The Kier molecular flexibility index (Phi) is 4.26. The number of carbonyl (C=O) groups is 1. The first-order valence-corrected chi connectivity index (χ1v) is 7.29. The van der Waals surface area contributed by atoms with E-state index < -0.39 is 0 Å². The predicted molar refractivity (Wildman–Crippen MR) is 76.4 cm³/mol. The van der Waals surface area contributed by atoms with Gasteiger partial charge in [-0.1, -0.05) is 11.3 Å². The predicted octanol–water partition coefficient (Wildman–Crippen LogP) is 1.14. The van der Waals surface area contributed by atoms with Gasteiger partial charge >= 0.3 is 0 Å². The zero-order valence-corrected chi connectivity index (χ0v) is 12.0. The molecule has 4 N–H and O–H groups in total. The maximum Gasteiger partial charge on any atom is 0.268 e. The molecule has 6 nitrogen and oxygen atoms in total. The van der Waals surface area contributed by atoms with E-state index in [4.69, 9.17) is 10.8 Å². The van der Waals surface area contributed by atoms with Crippen LogP contribution in [0.2, 0.25) is 0 Å². The second-order valence-electron chi connectivity index (χ2n) is 4.99. The first-order valence-electron chi connectivity index (χ1n) is 6.47. The highest BCUT2D eigenvalue weighted by Gasteiger charge is 2.34. The molecule has 0 spiro atoms. The number of nitrogen functional groups attached to an aromatic ring is 1. The van der Waals surface area contributed by atoms with Crippen LogP contribution >= 0.6 is 11.3 Å². The van der Waals surface area contributed by atoms with Gasteiger partial charge in [0.15, 0.2) is 5.13 Å². The van der Waals surface area contributed by atoms with Crippen LogP contribution < -0.4 is 11.1 Å². The van der Waals surface area contributed by atoms with Crippen LogP contribution in [0.15, 0.2) is 0 Å². The molecule has 1 fully saturated rings. The number of aromatic nitrogens is 1. The van der Waals surface area contributed by atoms with Crippen molar-refractivity contribution in [1.82, 2.24) is 9.88 Å². The zero-order valence-electron chi connectivity index (χ0n) is 11.2. The highest BCUT2D eigenvalue weighted by molar-refractivity contribution is 7.18. The molecule has 2 rings (SSSR count). The molecule has 0 atom stereocenters. The van der Waals surface area contributed by atoms with Crippen molar-refractivity contribution in [1.29, 1.82) is 0 Å². The van der Waals surface area contributed by atoms with Crippen LogP contribution in [0.25, 0.3) is 0 Å². The third-order valence-electron chi connectivity index (χ3n) is 2.85. The Bertz CT molecular complexity index is 457. The number of nitrogens with one attached hydrogen (secondary N) is 1. The van der Waals surface area contributed by atoms with Gasteiger partial charge in [0.05, 0.1) is 6.61 Å². The van der Waals surface area contributed by atoms with Gasteiger partial charge in [0, 0.05) is 18.6 Å². The van der Waals surface area contributed by atoms with Crippen molar-refractivity contribution in [2.24, 2.45) is 0 Å². The molecule has 0 aliphatic heterocycles.